The molecule has 144 valence electrons. The average molecular weight is 399 g/mol. The number of methoxy groups -OCH3 is 1. The fourth-order valence-corrected chi connectivity index (χ4v) is 2.46. The average Bonchev–Trinajstić information content (AvgIpc) is 2.69. The Morgan fingerprint density at radius 2 is 1.96 bits per heavy atom. The summed E-state index contributed by atoms with van der Waals surface area (Å²) in [5.74, 6) is -0.836. The minimum absolute atomic E-state index is 0.230. The van der Waals surface area contributed by atoms with Gasteiger partial charge in [0.1, 0.15) is 17.4 Å². The number of halogens is 1. The Bertz CT molecular complexity index is 963. The van der Waals surface area contributed by atoms with E-state index in [-0.39, 0.29) is 5.57 Å². The summed E-state index contributed by atoms with van der Waals surface area (Å²) in [6.07, 6.45) is 0.268. The van der Waals surface area contributed by atoms with Crippen molar-refractivity contribution in [3.8, 4) is 11.8 Å². The maximum atomic E-state index is 12.3. The molecule has 0 aliphatic rings. The van der Waals surface area contributed by atoms with Crippen molar-refractivity contribution in [1.29, 1.82) is 5.26 Å². The first kappa shape index (κ1) is 21.0. The van der Waals surface area contributed by atoms with E-state index in [1.807, 2.05) is 0 Å². The molecular weight excluding hydrogens is 380 g/mol. The summed E-state index contributed by atoms with van der Waals surface area (Å²) in [6.45, 7) is 3.19. The van der Waals surface area contributed by atoms with Crippen LogP contribution in [0.25, 0.3) is 6.08 Å². The SMILES string of the molecule is COc1cccc(/C=C(\C#N)C(=O)O[C@H](C)C(=O)Nc2cccc(Cl)c2C)c1. The first-order valence-electron chi connectivity index (χ1n) is 8.38. The molecule has 0 radical (unpaired) electrons. The molecule has 28 heavy (non-hydrogen) atoms. The highest BCUT2D eigenvalue weighted by atomic mass is 35.5. The zero-order chi connectivity index (χ0) is 20.7. The number of nitrogens with one attached hydrogen (secondary N) is 1. The Labute approximate surface area is 168 Å². The van der Waals surface area contributed by atoms with Crippen molar-refractivity contribution < 1.29 is 19.1 Å². The zero-order valence-corrected chi connectivity index (χ0v) is 16.4. The first-order chi connectivity index (χ1) is 13.3. The lowest BCUT2D eigenvalue weighted by Gasteiger charge is -2.15. The van der Waals surface area contributed by atoms with Crippen LogP contribution >= 0.6 is 11.6 Å². The van der Waals surface area contributed by atoms with E-state index in [1.165, 1.54) is 20.1 Å². The second-order valence-corrected chi connectivity index (χ2v) is 6.30. The minimum Gasteiger partial charge on any atom is -0.497 e. The third-order valence-corrected chi connectivity index (χ3v) is 4.33. The van der Waals surface area contributed by atoms with Crippen molar-refractivity contribution in [1.82, 2.24) is 0 Å². The van der Waals surface area contributed by atoms with E-state index in [1.54, 1.807) is 55.5 Å². The van der Waals surface area contributed by atoms with E-state index in [0.717, 1.165) is 0 Å². The van der Waals surface area contributed by atoms with Crippen LogP contribution < -0.4 is 10.1 Å². The summed E-state index contributed by atoms with van der Waals surface area (Å²) in [7, 11) is 1.52. The summed E-state index contributed by atoms with van der Waals surface area (Å²) < 4.78 is 10.2. The Kier molecular flexibility index (Phi) is 7.19. The van der Waals surface area contributed by atoms with Crippen LogP contribution in [0.2, 0.25) is 5.02 Å². The molecule has 0 heterocycles. The highest BCUT2D eigenvalue weighted by molar-refractivity contribution is 6.31. The van der Waals surface area contributed by atoms with Crippen LogP contribution in [0.3, 0.4) is 0 Å². The lowest BCUT2D eigenvalue weighted by molar-refractivity contribution is -0.148. The van der Waals surface area contributed by atoms with Crippen LogP contribution in [0.1, 0.15) is 18.1 Å². The largest absolute Gasteiger partial charge is 0.497 e. The van der Waals surface area contributed by atoms with Crippen LogP contribution in [0, 0.1) is 18.3 Å². The molecular formula is C21H19ClN2O4. The molecule has 0 unspecified atom stereocenters. The highest BCUT2D eigenvalue weighted by Crippen LogP contribution is 2.23. The third-order valence-electron chi connectivity index (χ3n) is 3.92. The van der Waals surface area contributed by atoms with Crippen molar-refractivity contribution in [2.24, 2.45) is 0 Å². The van der Waals surface area contributed by atoms with Crippen molar-refractivity contribution >= 4 is 35.2 Å². The van der Waals surface area contributed by atoms with Crippen molar-refractivity contribution in [3.05, 3.63) is 64.2 Å². The number of ether oxygens (including phenoxy) is 2. The van der Waals surface area contributed by atoms with Crippen molar-refractivity contribution in [2.75, 3.05) is 12.4 Å². The van der Waals surface area contributed by atoms with Gasteiger partial charge >= 0.3 is 5.97 Å². The van der Waals surface area contributed by atoms with Crippen molar-refractivity contribution in [3.63, 3.8) is 0 Å². The number of nitrogens with zero attached hydrogens (tertiary/aromatic N) is 1. The van der Waals surface area contributed by atoms with Crippen LogP contribution in [-0.2, 0) is 14.3 Å². The number of amides is 1. The molecule has 1 amide bonds. The maximum Gasteiger partial charge on any atom is 0.349 e. The molecule has 0 aliphatic carbocycles. The summed E-state index contributed by atoms with van der Waals surface area (Å²) in [5.41, 5.74) is 1.59. The second kappa shape index (κ2) is 9.58. The number of nitriles is 1. The fraction of sp³-hybridized carbons (Fsp3) is 0.190. The van der Waals surface area contributed by atoms with Gasteiger partial charge in [-0.15, -0.1) is 0 Å². The van der Waals surface area contributed by atoms with Gasteiger partial charge in [0.05, 0.1) is 7.11 Å². The predicted octanol–water partition coefficient (Wildman–Crippen LogP) is 4.13. The van der Waals surface area contributed by atoms with Gasteiger partial charge in [-0.1, -0.05) is 29.8 Å². The summed E-state index contributed by atoms with van der Waals surface area (Å²) >= 11 is 6.03. The monoisotopic (exact) mass is 398 g/mol. The molecule has 2 aromatic rings. The minimum atomic E-state index is -1.10. The summed E-state index contributed by atoms with van der Waals surface area (Å²) in [4.78, 5) is 24.6. The van der Waals surface area contributed by atoms with Crippen LogP contribution in [0.5, 0.6) is 5.75 Å². The molecule has 1 N–H and O–H groups in total. The fourth-order valence-electron chi connectivity index (χ4n) is 2.29. The van der Waals surface area contributed by atoms with Crippen LogP contribution in [0.15, 0.2) is 48.0 Å². The first-order valence-corrected chi connectivity index (χ1v) is 8.76. The van der Waals surface area contributed by atoms with Gasteiger partial charge in [-0.2, -0.15) is 5.26 Å². The molecule has 0 aliphatic heterocycles. The maximum absolute atomic E-state index is 12.3. The smallest absolute Gasteiger partial charge is 0.349 e. The number of carbonyl (C=O) groups excluding carboxylic acids is 2. The summed E-state index contributed by atoms with van der Waals surface area (Å²) in [5, 5.41) is 12.4. The Morgan fingerprint density at radius 3 is 2.64 bits per heavy atom. The van der Waals surface area contributed by atoms with E-state index < -0.39 is 18.0 Å². The van der Waals surface area contributed by atoms with Gasteiger partial charge in [0, 0.05) is 10.7 Å². The summed E-state index contributed by atoms with van der Waals surface area (Å²) in [6, 6.07) is 13.7. The lowest BCUT2D eigenvalue weighted by Crippen LogP contribution is -2.30. The van der Waals surface area contributed by atoms with E-state index in [0.29, 0.717) is 27.6 Å². The number of hydrogen-bond donors (Lipinski definition) is 1. The molecule has 0 bridgehead atoms. The molecule has 0 fully saturated rings. The predicted molar refractivity (Wildman–Crippen MR) is 107 cm³/mol. The molecule has 0 saturated carbocycles. The molecule has 2 rings (SSSR count). The molecule has 2 aromatic carbocycles. The molecule has 1 atom stereocenters. The number of hydrogen-bond acceptors (Lipinski definition) is 5. The van der Waals surface area contributed by atoms with Crippen LogP contribution in [-0.4, -0.2) is 25.1 Å². The number of carbonyl (C=O) groups is 2. The highest BCUT2D eigenvalue weighted by Gasteiger charge is 2.21. The normalized spacial score (nSPS) is 11.9. The van der Waals surface area contributed by atoms with Gasteiger partial charge in [0.15, 0.2) is 6.10 Å². The second-order valence-electron chi connectivity index (χ2n) is 5.90. The van der Waals surface area contributed by atoms with Gasteiger partial charge in [0.25, 0.3) is 5.91 Å². The number of esters is 1. The number of anilines is 1. The topological polar surface area (TPSA) is 88.4 Å². The number of rotatable bonds is 6. The molecule has 6 nitrogen and oxygen atoms in total. The van der Waals surface area contributed by atoms with E-state index in [9.17, 15) is 14.9 Å². The van der Waals surface area contributed by atoms with Crippen molar-refractivity contribution in [2.45, 2.75) is 20.0 Å². The van der Waals surface area contributed by atoms with E-state index in [2.05, 4.69) is 5.32 Å². The van der Waals surface area contributed by atoms with E-state index >= 15 is 0 Å². The molecule has 0 saturated heterocycles. The zero-order valence-electron chi connectivity index (χ0n) is 15.7. The lowest BCUT2D eigenvalue weighted by atomic mass is 10.1. The Morgan fingerprint density at radius 1 is 1.25 bits per heavy atom. The van der Waals surface area contributed by atoms with Gasteiger partial charge in [-0.25, -0.2) is 4.79 Å². The molecule has 7 heteroatoms. The van der Waals surface area contributed by atoms with Gasteiger partial charge < -0.3 is 14.8 Å². The quantitative estimate of drug-likeness (QED) is 0.449. The van der Waals surface area contributed by atoms with E-state index in [4.69, 9.17) is 21.1 Å². The van der Waals surface area contributed by atoms with Gasteiger partial charge in [0.2, 0.25) is 0 Å². The standard InChI is InChI=1S/C21H19ClN2O4/c1-13-18(22)8-5-9-19(13)24-20(25)14(2)28-21(26)16(12-23)10-15-6-4-7-17(11-15)27-3/h4-11,14H,1-3H3,(H,24,25)/b16-10+/t14-/m1/s1. The van der Waals surface area contributed by atoms with Gasteiger partial charge in [-0.05, 0) is 55.3 Å². The van der Waals surface area contributed by atoms with Gasteiger partial charge in [-0.3, -0.25) is 4.79 Å². The third kappa shape index (κ3) is 5.35. The molecule has 0 spiro atoms. The van der Waals surface area contributed by atoms with Crippen LogP contribution in [0.4, 0.5) is 5.69 Å². The molecule has 0 aromatic heterocycles. The Balaban J connectivity index is 2.08. The Hall–Kier alpha value is -3.30. The number of benzene rings is 2.